The van der Waals surface area contributed by atoms with Gasteiger partial charge in [0.2, 0.25) is 0 Å². The number of hydrogen-bond donors (Lipinski definition) is 1. The molecular weight excluding hydrogens is 950 g/mol. The number of likely N-dealkylation sites (tertiary alicyclic amines) is 1. The highest BCUT2D eigenvalue weighted by Gasteiger charge is 2.54. The number of ketones is 1. The molecule has 6 aromatic rings. The Bertz CT molecular complexity index is 2850. The van der Waals surface area contributed by atoms with Crippen molar-refractivity contribution < 1.29 is 46.9 Å². The van der Waals surface area contributed by atoms with Crippen LogP contribution in [0.4, 0.5) is 5.82 Å². The molecule has 0 radical (unpaired) electrons. The van der Waals surface area contributed by atoms with Crippen LogP contribution in [0.25, 0.3) is 0 Å². The van der Waals surface area contributed by atoms with Gasteiger partial charge in [-0.3, -0.25) is 23.2 Å². The van der Waals surface area contributed by atoms with Crippen LogP contribution in [0.5, 0.6) is 17.2 Å². The molecule has 0 spiro atoms. The predicted octanol–water partition coefficient (Wildman–Crippen LogP) is 9.33. The van der Waals surface area contributed by atoms with Crippen LogP contribution in [0.2, 0.25) is 0 Å². The normalized spacial score (nSPS) is 19.2. The number of rotatable bonds is 21. The number of carbonyl (C=O) groups is 2. The van der Waals surface area contributed by atoms with Crippen LogP contribution in [0.1, 0.15) is 90.6 Å². The van der Waals surface area contributed by atoms with Gasteiger partial charge in [0.25, 0.3) is 5.91 Å². The first-order valence-electron chi connectivity index (χ1n) is 24.5. The molecule has 1 amide bonds. The molecule has 8 rings (SSSR count). The summed E-state index contributed by atoms with van der Waals surface area (Å²) in [6.45, 7) is 7.90. The summed E-state index contributed by atoms with van der Waals surface area (Å²) in [7, 11) is 0.265. The van der Waals surface area contributed by atoms with Crippen LogP contribution < -0.4 is 25.6 Å². The van der Waals surface area contributed by atoms with Crippen molar-refractivity contribution in [1.82, 2.24) is 19.1 Å². The minimum atomic E-state index is -4.46. The maximum absolute atomic E-state index is 16.2. The second-order valence-corrected chi connectivity index (χ2v) is 20.5. The van der Waals surface area contributed by atoms with Gasteiger partial charge in [-0.25, -0.2) is 14.0 Å². The van der Waals surface area contributed by atoms with Crippen molar-refractivity contribution in [2.24, 2.45) is 0 Å². The number of nitrogen functional groups attached to an aromatic ring is 1. The lowest BCUT2D eigenvalue weighted by molar-refractivity contribution is -0.126. The third kappa shape index (κ3) is 11.3. The summed E-state index contributed by atoms with van der Waals surface area (Å²) in [6.07, 6.45) is -2.64. The lowest BCUT2D eigenvalue weighted by Crippen LogP contribution is -2.49. The van der Waals surface area contributed by atoms with E-state index < -0.39 is 55.4 Å². The molecule has 384 valence electrons. The highest BCUT2D eigenvalue weighted by molar-refractivity contribution is 7.51. The van der Waals surface area contributed by atoms with Gasteiger partial charge < -0.3 is 34.3 Å². The Morgan fingerprint density at radius 2 is 1.29 bits per heavy atom. The van der Waals surface area contributed by atoms with Crippen LogP contribution in [0.3, 0.4) is 0 Å². The quantitative estimate of drug-likeness (QED) is 0.0409. The zero-order valence-electron chi connectivity index (χ0n) is 42.2. The Hall–Kier alpha value is -6.65. The van der Waals surface area contributed by atoms with E-state index in [1.54, 1.807) is 85.5 Å². The molecule has 73 heavy (non-hydrogen) atoms. The third-order valence-corrected chi connectivity index (χ3v) is 15.9. The van der Waals surface area contributed by atoms with Crippen LogP contribution in [-0.4, -0.2) is 102 Å². The first kappa shape index (κ1) is 52.7. The zero-order chi connectivity index (χ0) is 51.9. The maximum atomic E-state index is 16.2. The average Bonchev–Trinajstić information content (AvgIpc) is 4.05. The minimum absolute atomic E-state index is 0.00419. The fraction of sp³-hybridized carbons (Fsp3) is 0.357. The second kappa shape index (κ2) is 23.1. The zero-order valence-corrected chi connectivity index (χ0v) is 43.1. The molecule has 2 unspecified atom stereocenters. The molecule has 2 aliphatic rings. The lowest BCUT2D eigenvalue weighted by Gasteiger charge is -2.42. The molecular formula is C56H64N5O11P. The van der Waals surface area contributed by atoms with Gasteiger partial charge in [-0.15, -0.1) is 0 Å². The number of hydrogen-bond acceptors (Lipinski definition) is 13. The SMILES string of the molecule is COc1ccc(C(=O)N2CCC[C@H]2COP(=O)(O[C@H]2C[C@H](n3ccc(N)nc3=O)O[C@@H]2C(OC(c2ccccc2)(c2ccc(OC)cc2)c2ccc(OC)cc2)C(=O)c2ccccc2)N(C(C)C)C(C)C)cc1. The number of nitrogens with two attached hydrogens (primary N) is 1. The van der Waals surface area contributed by atoms with E-state index in [-0.39, 0.29) is 36.8 Å². The highest BCUT2D eigenvalue weighted by atomic mass is 31.2. The van der Waals surface area contributed by atoms with E-state index in [0.717, 1.165) is 0 Å². The smallest absolute Gasteiger partial charge is 0.409 e. The first-order valence-corrected chi connectivity index (χ1v) is 26.0. The first-order chi connectivity index (χ1) is 35.2. The molecule has 0 aliphatic carbocycles. The van der Waals surface area contributed by atoms with E-state index in [1.807, 2.05) is 107 Å². The maximum Gasteiger partial charge on any atom is 0.409 e. The van der Waals surface area contributed by atoms with Gasteiger partial charge in [0.05, 0.1) is 34.0 Å². The average molecular weight is 1010 g/mol. The summed E-state index contributed by atoms with van der Waals surface area (Å²) >= 11 is 0. The van der Waals surface area contributed by atoms with Crippen LogP contribution >= 0.6 is 7.75 Å². The minimum Gasteiger partial charge on any atom is -0.497 e. The van der Waals surface area contributed by atoms with Crippen LogP contribution in [0, 0.1) is 0 Å². The molecule has 0 bridgehead atoms. The molecule has 6 atom stereocenters. The number of ether oxygens (including phenoxy) is 5. The van der Waals surface area contributed by atoms with Crippen molar-refractivity contribution >= 4 is 25.3 Å². The van der Waals surface area contributed by atoms with Crippen molar-refractivity contribution in [2.45, 2.75) is 95.2 Å². The number of benzene rings is 5. The summed E-state index contributed by atoms with van der Waals surface area (Å²) in [4.78, 5) is 49.2. The molecule has 2 saturated heterocycles. The van der Waals surface area contributed by atoms with Gasteiger partial charge in [-0.05, 0) is 112 Å². The van der Waals surface area contributed by atoms with Gasteiger partial charge >= 0.3 is 13.4 Å². The molecule has 1 aromatic heterocycles. The largest absolute Gasteiger partial charge is 0.497 e. The second-order valence-electron chi connectivity index (χ2n) is 18.6. The Morgan fingerprint density at radius 3 is 1.82 bits per heavy atom. The summed E-state index contributed by atoms with van der Waals surface area (Å²) in [6, 6.07) is 40.1. The molecule has 0 saturated carbocycles. The Balaban J connectivity index is 1.28. The van der Waals surface area contributed by atoms with Gasteiger partial charge in [0, 0.05) is 42.4 Å². The third-order valence-electron chi connectivity index (χ3n) is 13.4. The molecule has 5 aromatic carbocycles. The Labute approximate surface area is 426 Å². The predicted molar refractivity (Wildman–Crippen MR) is 277 cm³/mol. The van der Waals surface area contributed by atoms with Gasteiger partial charge in [0.1, 0.15) is 47.1 Å². The lowest BCUT2D eigenvalue weighted by atomic mass is 9.79. The number of nitrogens with zero attached hydrogens (tertiary/aromatic N) is 4. The van der Waals surface area contributed by atoms with E-state index in [0.29, 0.717) is 64.5 Å². The van der Waals surface area contributed by atoms with E-state index in [1.165, 1.54) is 16.8 Å². The van der Waals surface area contributed by atoms with Gasteiger partial charge in [-0.2, -0.15) is 4.98 Å². The van der Waals surface area contributed by atoms with E-state index in [4.69, 9.17) is 38.5 Å². The van der Waals surface area contributed by atoms with Crippen molar-refractivity contribution in [3.05, 3.63) is 184 Å². The topological polar surface area (TPSA) is 183 Å². The van der Waals surface area contributed by atoms with Crippen LogP contribution in [-0.2, 0) is 28.7 Å². The van der Waals surface area contributed by atoms with Crippen molar-refractivity contribution in [2.75, 3.05) is 40.2 Å². The molecule has 2 N–H and O–H groups in total. The standard InChI is InChI=1S/C56H64N5O11P/c1-37(2)61(38(3)4)73(65,69-36-44-19-14-33-59(44)54(63)40-20-26-45(66-5)27-21-40)72-48-35-50(60-34-32-49(57)58-55(60)64)70-52(48)53(51(62)39-15-10-8-11-16-39)71-56(41-17-12-9-13-18-41,42-22-28-46(67-6)29-23-42)43-24-30-47(68-7)31-25-43/h8-13,15-18,20-32,34,37-38,44,48,50,52-53H,14,19,33,35-36H2,1-7H3,(H2,57,58,64)/t44-,48-,50+,52-,53?,73?/m0/s1. The number of anilines is 1. The fourth-order valence-corrected chi connectivity index (χ4v) is 12.3. The molecule has 17 heteroatoms. The highest BCUT2D eigenvalue weighted by Crippen LogP contribution is 2.58. The fourth-order valence-electron chi connectivity index (χ4n) is 9.95. The Morgan fingerprint density at radius 1 is 0.753 bits per heavy atom. The Kier molecular flexibility index (Phi) is 16.6. The number of carbonyl (C=O) groups excluding carboxylic acids is 2. The van der Waals surface area contributed by atoms with E-state index in [9.17, 15) is 9.59 Å². The van der Waals surface area contributed by atoms with Crippen molar-refractivity contribution in [3.8, 4) is 17.2 Å². The van der Waals surface area contributed by atoms with Crippen molar-refractivity contribution in [3.63, 3.8) is 0 Å². The summed E-state index contributed by atoms with van der Waals surface area (Å²) < 4.78 is 64.0. The van der Waals surface area contributed by atoms with Gasteiger partial charge in [0.15, 0.2) is 11.9 Å². The number of amides is 1. The molecule has 16 nitrogen and oxygen atoms in total. The summed E-state index contributed by atoms with van der Waals surface area (Å²) in [5.41, 5.74) is 6.40. The summed E-state index contributed by atoms with van der Waals surface area (Å²) in [5.74, 6) is 1.14. The number of methoxy groups -OCH3 is 3. The van der Waals surface area contributed by atoms with E-state index >= 15 is 9.36 Å². The van der Waals surface area contributed by atoms with Crippen molar-refractivity contribution in [1.29, 1.82) is 0 Å². The van der Waals surface area contributed by atoms with Crippen LogP contribution in [0.15, 0.2) is 151 Å². The molecule has 2 aliphatic heterocycles. The van der Waals surface area contributed by atoms with E-state index in [2.05, 4.69) is 4.98 Å². The monoisotopic (exact) mass is 1010 g/mol. The molecule has 2 fully saturated rings. The summed E-state index contributed by atoms with van der Waals surface area (Å²) in [5, 5.41) is 0. The molecule has 3 heterocycles. The number of aromatic nitrogens is 2. The number of Topliss-reactive ketones (excluding diaryl/α,β-unsaturated/α-hetero) is 1. The van der Waals surface area contributed by atoms with Gasteiger partial charge in [-0.1, -0.05) is 84.9 Å².